The summed E-state index contributed by atoms with van der Waals surface area (Å²) >= 11 is 11.8. The van der Waals surface area contributed by atoms with E-state index in [0.29, 0.717) is 33.3 Å². The van der Waals surface area contributed by atoms with Gasteiger partial charge in [-0.15, -0.1) is 0 Å². The second kappa shape index (κ2) is 7.67. The molecule has 0 atom stereocenters. The van der Waals surface area contributed by atoms with Crippen molar-refractivity contribution in [2.75, 3.05) is 5.32 Å². The van der Waals surface area contributed by atoms with Gasteiger partial charge < -0.3 is 20.0 Å². The largest absolute Gasteiger partial charge is 0.545 e. The van der Waals surface area contributed by atoms with Crippen LogP contribution in [0.5, 0.6) is 11.5 Å². The lowest BCUT2D eigenvalue weighted by Gasteiger charge is -2.09. The summed E-state index contributed by atoms with van der Waals surface area (Å²) in [7, 11) is 0. The third kappa shape index (κ3) is 5.32. The van der Waals surface area contributed by atoms with E-state index >= 15 is 0 Å². The zero-order valence-electron chi connectivity index (χ0n) is 11.6. The van der Waals surface area contributed by atoms with E-state index in [4.69, 9.17) is 27.9 Å². The molecule has 0 aliphatic heterocycles. The number of anilines is 1. The summed E-state index contributed by atoms with van der Waals surface area (Å²) in [5.74, 6) is -1.06. The summed E-state index contributed by atoms with van der Waals surface area (Å²) < 4.78 is 5.60. The van der Waals surface area contributed by atoms with Gasteiger partial charge in [-0.05, 0) is 48.5 Å². The van der Waals surface area contributed by atoms with Gasteiger partial charge in [0.1, 0.15) is 11.5 Å². The molecule has 1 amide bonds. The second-order valence-electron chi connectivity index (χ2n) is 4.34. The number of hydrogen-bond acceptors (Lipinski definition) is 4. The predicted octanol–water partition coefficient (Wildman–Crippen LogP) is 3.03. The van der Waals surface area contributed by atoms with Gasteiger partial charge in [0.05, 0.1) is 11.0 Å². The number of ether oxygens (including phenoxy) is 1. The molecule has 0 radical (unpaired) electrons. The van der Waals surface area contributed by atoms with E-state index in [2.05, 4.69) is 5.32 Å². The standard InChI is InChI=1S/C16H11Cl2NO4/c17-10-1-6-14(13(18)9-10)23-12-4-2-11(3-5-12)19-15(20)7-8-16(21)22/h1-9H,(H,19,20)(H,21,22)/p-1. The summed E-state index contributed by atoms with van der Waals surface area (Å²) in [5, 5.41) is 13.6. The van der Waals surface area contributed by atoms with Crippen LogP contribution in [0.3, 0.4) is 0 Å². The number of carbonyl (C=O) groups is 2. The zero-order chi connectivity index (χ0) is 16.8. The highest BCUT2D eigenvalue weighted by molar-refractivity contribution is 6.35. The first kappa shape index (κ1) is 16.9. The number of carboxylic acid groups (broad SMARTS) is 1. The van der Waals surface area contributed by atoms with Gasteiger partial charge in [0.15, 0.2) is 0 Å². The molecular formula is C16H10Cl2NO4-. The Morgan fingerprint density at radius 1 is 1.04 bits per heavy atom. The molecule has 5 nitrogen and oxygen atoms in total. The van der Waals surface area contributed by atoms with Gasteiger partial charge >= 0.3 is 0 Å². The van der Waals surface area contributed by atoms with Crippen molar-refractivity contribution in [1.29, 1.82) is 0 Å². The maximum atomic E-state index is 11.4. The summed E-state index contributed by atoms with van der Waals surface area (Å²) in [6.07, 6.45) is 1.52. The number of amides is 1. The number of benzene rings is 2. The van der Waals surface area contributed by atoms with Crippen LogP contribution >= 0.6 is 23.2 Å². The number of halogens is 2. The van der Waals surface area contributed by atoms with Crippen LogP contribution in [-0.4, -0.2) is 11.9 Å². The molecule has 0 aliphatic carbocycles. The minimum atomic E-state index is -1.44. The summed E-state index contributed by atoms with van der Waals surface area (Å²) in [6.45, 7) is 0. The predicted molar refractivity (Wildman–Crippen MR) is 85.8 cm³/mol. The Kier molecular flexibility index (Phi) is 5.62. The maximum absolute atomic E-state index is 11.4. The van der Waals surface area contributed by atoms with Crippen LogP contribution in [0.1, 0.15) is 0 Å². The highest BCUT2D eigenvalue weighted by Crippen LogP contribution is 2.31. The molecule has 0 spiro atoms. The third-order valence-corrected chi connectivity index (χ3v) is 3.14. The number of carboxylic acids is 1. The molecule has 23 heavy (non-hydrogen) atoms. The van der Waals surface area contributed by atoms with Crippen molar-refractivity contribution in [2.24, 2.45) is 0 Å². The number of rotatable bonds is 5. The highest BCUT2D eigenvalue weighted by atomic mass is 35.5. The number of hydrogen-bond donors (Lipinski definition) is 1. The van der Waals surface area contributed by atoms with E-state index < -0.39 is 11.9 Å². The van der Waals surface area contributed by atoms with Crippen LogP contribution < -0.4 is 15.2 Å². The minimum absolute atomic E-state index is 0.377. The molecule has 0 saturated heterocycles. The van der Waals surface area contributed by atoms with Gasteiger partial charge in [-0.3, -0.25) is 4.79 Å². The number of nitrogens with one attached hydrogen (secondary N) is 1. The fourth-order valence-electron chi connectivity index (χ4n) is 1.62. The van der Waals surface area contributed by atoms with Crippen molar-refractivity contribution in [3.8, 4) is 11.5 Å². The molecule has 0 aromatic heterocycles. The van der Waals surface area contributed by atoms with Crippen LogP contribution in [0.15, 0.2) is 54.6 Å². The van der Waals surface area contributed by atoms with Crippen molar-refractivity contribution >= 4 is 40.8 Å². The van der Waals surface area contributed by atoms with Gasteiger partial charge in [0.2, 0.25) is 5.91 Å². The molecule has 7 heteroatoms. The highest BCUT2D eigenvalue weighted by Gasteiger charge is 2.04. The molecular weight excluding hydrogens is 341 g/mol. The van der Waals surface area contributed by atoms with Crippen LogP contribution in [0.4, 0.5) is 5.69 Å². The molecule has 0 unspecified atom stereocenters. The average Bonchev–Trinajstić information content (AvgIpc) is 2.50. The Labute approximate surface area is 142 Å². The molecule has 2 aromatic rings. The molecule has 0 saturated carbocycles. The van der Waals surface area contributed by atoms with Crippen molar-refractivity contribution in [2.45, 2.75) is 0 Å². The van der Waals surface area contributed by atoms with Crippen LogP contribution in [0.2, 0.25) is 10.0 Å². The van der Waals surface area contributed by atoms with Gasteiger partial charge in [0, 0.05) is 16.8 Å². The quantitative estimate of drug-likeness (QED) is 0.840. The Balaban J connectivity index is 2.02. The van der Waals surface area contributed by atoms with Crippen LogP contribution in [0.25, 0.3) is 0 Å². The van der Waals surface area contributed by atoms with E-state index in [-0.39, 0.29) is 0 Å². The van der Waals surface area contributed by atoms with E-state index in [1.165, 1.54) is 0 Å². The smallest absolute Gasteiger partial charge is 0.248 e. The monoisotopic (exact) mass is 350 g/mol. The fourth-order valence-corrected chi connectivity index (χ4v) is 2.07. The molecule has 0 aliphatic rings. The molecule has 2 rings (SSSR count). The zero-order valence-corrected chi connectivity index (χ0v) is 13.1. The Bertz CT molecular complexity index is 757. The number of aliphatic carboxylic acids is 1. The molecule has 0 bridgehead atoms. The molecule has 0 fully saturated rings. The van der Waals surface area contributed by atoms with Crippen LogP contribution in [-0.2, 0) is 9.59 Å². The van der Waals surface area contributed by atoms with Crippen molar-refractivity contribution < 1.29 is 19.4 Å². The van der Waals surface area contributed by atoms with Gasteiger partial charge in [-0.1, -0.05) is 23.2 Å². The lowest BCUT2D eigenvalue weighted by molar-refractivity contribution is -0.297. The van der Waals surface area contributed by atoms with Gasteiger partial charge in [-0.25, -0.2) is 0 Å². The first-order valence-electron chi connectivity index (χ1n) is 6.37. The van der Waals surface area contributed by atoms with Crippen molar-refractivity contribution in [1.82, 2.24) is 0 Å². The third-order valence-electron chi connectivity index (χ3n) is 2.61. The van der Waals surface area contributed by atoms with E-state index in [1.54, 1.807) is 42.5 Å². The molecule has 0 heterocycles. The topological polar surface area (TPSA) is 78.5 Å². The Hall–Kier alpha value is -2.50. The lowest BCUT2D eigenvalue weighted by Crippen LogP contribution is -2.20. The van der Waals surface area contributed by atoms with E-state index in [1.807, 2.05) is 0 Å². The summed E-state index contributed by atoms with van der Waals surface area (Å²) in [4.78, 5) is 21.6. The summed E-state index contributed by atoms with van der Waals surface area (Å²) in [5.41, 5.74) is 0.479. The fraction of sp³-hybridized carbons (Fsp3) is 0. The van der Waals surface area contributed by atoms with Gasteiger partial charge in [0.25, 0.3) is 0 Å². The van der Waals surface area contributed by atoms with Gasteiger partial charge in [-0.2, -0.15) is 0 Å². The Morgan fingerprint density at radius 2 is 1.74 bits per heavy atom. The van der Waals surface area contributed by atoms with E-state index in [0.717, 1.165) is 6.08 Å². The molecule has 2 aromatic carbocycles. The molecule has 118 valence electrons. The first-order valence-corrected chi connectivity index (χ1v) is 7.12. The van der Waals surface area contributed by atoms with Crippen molar-refractivity contribution in [3.63, 3.8) is 0 Å². The van der Waals surface area contributed by atoms with Crippen LogP contribution in [0, 0.1) is 0 Å². The second-order valence-corrected chi connectivity index (χ2v) is 5.19. The normalized spacial score (nSPS) is 10.5. The van der Waals surface area contributed by atoms with E-state index in [9.17, 15) is 14.7 Å². The lowest BCUT2D eigenvalue weighted by atomic mass is 10.3. The first-order chi connectivity index (χ1) is 10.9. The maximum Gasteiger partial charge on any atom is 0.248 e. The molecule has 1 N–H and O–H groups in total. The Morgan fingerprint density at radius 3 is 2.35 bits per heavy atom. The summed E-state index contributed by atoms with van der Waals surface area (Å²) in [6, 6.07) is 11.3. The average molecular weight is 351 g/mol. The van der Waals surface area contributed by atoms with Crippen molar-refractivity contribution in [3.05, 3.63) is 64.7 Å². The minimum Gasteiger partial charge on any atom is -0.545 e. The SMILES string of the molecule is O=C([O-])C=CC(=O)Nc1ccc(Oc2ccc(Cl)cc2Cl)cc1. The number of carbonyl (C=O) groups excluding carboxylic acids is 2.